The van der Waals surface area contributed by atoms with Gasteiger partial charge in [-0.1, -0.05) is 17.7 Å². The Morgan fingerprint density at radius 1 is 1.26 bits per heavy atom. The van der Waals surface area contributed by atoms with E-state index in [0.717, 1.165) is 18.4 Å². The number of carbonyl (C=O) groups is 1. The summed E-state index contributed by atoms with van der Waals surface area (Å²) < 4.78 is 5.20. The van der Waals surface area contributed by atoms with Gasteiger partial charge in [0.2, 0.25) is 5.95 Å². The Balaban J connectivity index is 0.00000342. The second kappa shape index (κ2) is 13.0. The van der Waals surface area contributed by atoms with Crippen molar-refractivity contribution in [1.82, 2.24) is 25.3 Å². The molecule has 0 unspecified atom stereocenters. The van der Waals surface area contributed by atoms with Gasteiger partial charge in [-0.05, 0) is 36.6 Å². The standard InChI is InChI=1S/C23H25ClN7O3.Na/c1-34-19-6-5-15(10-18(19)24)11-27-21-17(22(33)28-13-20-25-7-3-8-26-20)12-29-23(30-21)31-9-2-4-16(31)14-32;/h3,5-8,10,12,16H,2,4,9,11,13-14H2,1H3,(H,28,33)(H,27,29,30);/q-1;+1/t16-;/m0./s1. The summed E-state index contributed by atoms with van der Waals surface area (Å²) in [6, 6.07) is 7.00. The summed E-state index contributed by atoms with van der Waals surface area (Å²) in [7, 11) is 1.56. The van der Waals surface area contributed by atoms with Gasteiger partial charge in [0.25, 0.3) is 5.91 Å². The molecule has 0 bridgehead atoms. The largest absolute Gasteiger partial charge is 1.00 e. The Hall–Kier alpha value is -2.50. The van der Waals surface area contributed by atoms with Crippen LogP contribution in [0.25, 0.3) is 0 Å². The van der Waals surface area contributed by atoms with Gasteiger partial charge in [0, 0.05) is 37.7 Å². The molecule has 12 heteroatoms. The van der Waals surface area contributed by atoms with Gasteiger partial charge in [-0.25, -0.2) is 15.0 Å². The number of ether oxygens (including phenoxy) is 1. The van der Waals surface area contributed by atoms with E-state index in [9.17, 15) is 9.90 Å². The summed E-state index contributed by atoms with van der Waals surface area (Å²) in [6.07, 6.45) is 6.42. The van der Waals surface area contributed by atoms with Crippen LogP contribution >= 0.6 is 11.6 Å². The molecule has 0 saturated carbocycles. The first-order valence-electron chi connectivity index (χ1n) is 10.9. The molecule has 10 nitrogen and oxygen atoms in total. The molecule has 2 aromatic heterocycles. The van der Waals surface area contributed by atoms with E-state index in [-0.39, 0.29) is 60.2 Å². The fraction of sp³-hybridized carbons (Fsp3) is 0.348. The maximum absolute atomic E-state index is 13.0. The van der Waals surface area contributed by atoms with Crippen molar-refractivity contribution >= 4 is 29.3 Å². The van der Waals surface area contributed by atoms with Crippen LogP contribution in [0.3, 0.4) is 0 Å². The first-order valence-corrected chi connectivity index (χ1v) is 11.3. The molecule has 1 aliphatic rings. The smallest absolute Gasteiger partial charge is 0.853 e. The molecule has 1 amide bonds. The molecular weight excluding hydrogens is 481 g/mol. The van der Waals surface area contributed by atoms with Crippen molar-refractivity contribution in [2.24, 2.45) is 0 Å². The molecule has 0 spiro atoms. The molecule has 1 atom stereocenters. The number of benzene rings is 1. The summed E-state index contributed by atoms with van der Waals surface area (Å²) in [6.45, 7) is 1.01. The van der Waals surface area contributed by atoms with Gasteiger partial charge in [0.15, 0.2) is 0 Å². The minimum Gasteiger partial charge on any atom is -0.853 e. The summed E-state index contributed by atoms with van der Waals surface area (Å²) in [5.41, 5.74) is 1.16. The number of methoxy groups -OCH3 is 1. The maximum atomic E-state index is 13.0. The van der Waals surface area contributed by atoms with E-state index in [0.29, 0.717) is 41.5 Å². The number of anilines is 2. The van der Waals surface area contributed by atoms with Crippen LogP contribution in [0, 0.1) is 0 Å². The van der Waals surface area contributed by atoms with Gasteiger partial charge in [-0.3, -0.25) is 4.79 Å². The van der Waals surface area contributed by atoms with E-state index in [1.54, 1.807) is 37.7 Å². The summed E-state index contributed by atoms with van der Waals surface area (Å²) in [4.78, 5) is 32.1. The van der Waals surface area contributed by atoms with Gasteiger partial charge in [0.1, 0.15) is 23.0 Å². The Kier molecular flexibility index (Phi) is 10.1. The number of hydrogen-bond donors (Lipinski definition) is 2. The van der Waals surface area contributed by atoms with Crippen molar-refractivity contribution in [3.63, 3.8) is 0 Å². The Bertz CT molecular complexity index is 1140. The van der Waals surface area contributed by atoms with Gasteiger partial charge < -0.3 is 25.4 Å². The topological polar surface area (TPSA) is 128 Å². The van der Waals surface area contributed by atoms with Crippen LogP contribution in [0.2, 0.25) is 5.02 Å². The maximum Gasteiger partial charge on any atom is 1.00 e. The molecule has 3 heterocycles. The number of carbonyl (C=O) groups excluding carboxylic acids is 1. The van der Waals surface area contributed by atoms with Crippen LogP contribution in [-0.4, -0.2) is 52.1 Å². The second-order valence-corrected chi connectivity index (χ2v) is 8.17. The first-order chi connectivity index (χ1) is 16.6. The number of hydrogen-bond acceptors (Lipinski definition) is 9. The molecule has 1 saturated heterocycles. The van der Waals surface area contributed by atoms with E-state index < -0.39 is 0 Å². The van der Waals surface area contributed by atoms with Gasteiger partial charge in [0.05, 0.1) is 18.7 Å². The van der Waals surface area contributed by atoms with Crippen molar-refractivity contribution in [2.45, 2.75) is 32.0 Å². The molecule has 1 aromatic carbocycles. The number of nitrogens with zero attached hydrogens (tertiary/aromatic N) is 5. The van der Waals surface area contributed by atoms with Crippen LogP contribution < -0.4 is 54.9 Å². The van der Waals surface area contributed by atoms with Crippen LogP contribution in [0.4, 0.5) is 11.8 Å². The quantitative estimate of drug-likeness (QED) is 0.345. The third-order valence-corrected chi connectivity index (χ3v) is 5.84. The molecule has 4 rings (SSSR count). The molecule has 0 radical (unpaired) electrons. The minimum absolute atomic E-state index is 0. The summed E-state index contributed by atoms with van der Waals surface area (Å²) in [5, 5.41) is 18.1. The molecule has 0 aliphatic carbocycles. The van der Waals surface area contributed by atoms with Crippen molar-refractivity contribution < 1.29 is 44.2 Å². The molecule has 3 aromatic rings. The van der Waals surface area contributed by atoms with Crippen molar-refractivity contribution in [1.29, 1.82) is 0 Å². The third-order valence-electron chi connectivity index (χ3n) is 5.55. The molecule has 2 N–H and O–H groups in total. The number of aromatic nitrogens is 4. The van der Waals surface area contributed by atoms with E-state index in [1.165, 1.54) is 6.20 Å². The normalized spacial score (nSPS) is 14.8. The van der Waals surface area contributed by atoms with Crippen molar-refractivity contribution in [2.75, 3.05) is 30.5 Å². The van der Waals surface area contributed by atoms with Crippen molar-refractivity contribution in [3.05, 3.63) is 64.8 Å². The predicted molar refractivity (Wildman–Crippen MR) is 126 cm³/mol. The fourth-order valence-electron chi connectivity index (χ4n) is 3.77. The van der Waals surface area contributed by atoms with Crippen LogP contribution in [-0.2, 0) is 13.1 Å². The Morgan fingerprint density at radius 2 is 2.06 bits per heavy atom. The Morgan fingerprint density at radius 3 is 2.77 bits per heavy atom. The minimum atomic E-state index is -0.365. The number of amides is 1. The zero-order valence-corrected chi connectivity index (χ0v) is 22.5. The fourth-order valence-corrected chi connectivity index (χ4v) is 4.05. The SMILES string of the molecule is COc1ccc(CNc2nc(N3CCC[C@H]3C[O-])ncc2C(=O)NCc2ncccn2)cc1Cl.[Na+]. The van der Waals surface area contributed by atoms with Gasteiger partial charge in [-0.2, -0.15) is 4.98 Å². The summed E-state index contributed by atoms with van der Waals surface area (Å²) >= 11 is 6.25. The number of rotatable bonds is 9. The third kappa shape index (κ3) is 6.80. The molecule has 1 fully saturated rings. The number of nitrogens with one attached hydrogen (secondary N) is 2. The molecule has 1 aliphatic heterocycles. The van der Waals surface area contributed by atoms with Gasteiger partial charge in [-0.15, -0.1) is 6.61 Å². The summed E-state index contributed by atoms with van der Waals surface area (Å²) in [5.74, 6) is 1.49. The average molecular weight is 506 g/mol. The number of halogens is 1. The van der Waals surface area contributed by atoms with E-state index in [1.807, 2.05) is 11.0 Å². The average Bonchev–Trinajstić information content (AvgIpc) is 3.35. The van der Waals surface area contributed by atoms with Crippen molar-refractivity contribution in [3.8, 4) is 5.75 Å². The van der Waals surface area contributed by atoms with E-state index in [4.69, 9.17) is 16.3 Å². The van der Waals surface area contributed by atoms with E-state index in [2.05, 4.69) is 30.6 Å². The van der Waals surface area contributed by atoms with E-state index >= 15 is 0 Å². The first kappa shape index (κ1) is 27.1. The van der Waals surface area contributed by atoms with Crippen LogP contribution in [0.1, 0.15) is 34.6 Å². The molecular formula is C23H25ClN7NaO3. The van der Waals surface area contributed by atoms with Crippen LogP contribution in [0.15, 0.2) is 42.9 Å². The zero-order chi connectivity index (χ0) is 23.9. The molecule has 35 heavy (non-hydrogen) atoms. The monoisotopic (exact) mass is 505 g/mol. The molecule has 178 valence electrons. The Labute approximate surface area is 230 Å². The van der Waals surface area contributed by atoms with Crippen LogP contribution in [0.5, 0.6) is 5.75 Å². The second-order valence-electron chi connectivity index (χ2n) is 7.76. The van der Waals surface area contributed by atoms with Gasteiger partial charge >= 0.3 is 29.6 Å². The predicted octanol–water partition coefficient (Wildman–Crippen LogP) is -1.20. The zero-order valence-electron chi connectivity index (χ0n) is 19.7.